The number of halogens is 1. The average Bonchev–Trinajstić information content (AvgIpc) is 3.36. The number of amides is 1. The molecule has 146 valence electrons. The lowest BCUT2D eigenvalue weighted by Gasteiger charge is -2.10. The quantitative estimate of drug-likeness (QED) is 0.495. The Morgan fingerprint density at radius 3 is 2.72 bits per heavy atom. The number of ketones is 1. The summed E-state index contributed by atoms with van der Waals surface area (Å²) in [5.74, 6) is -0.916. The summed E-state index contributed by atoms with van der Waals surface area (Å²) in [6.07, 6.45) is 6.13. The number of pyridine rings is 1. The van der Waals surface area contributed by atoms with Crippen molar-refractivity contribution in [2.75, 3.05) is 12.4 Å². The molecule has 0 aliphatic carbocycles. The minimum absolute atomic E-state index is 0.00504. The summed E-state index contributed by atoms with van der Waals surface area (Å²) in [5.41, 5.74) is 1.74. The van der Waals surface area contributed by atoms with Gasteiger partial charge in [-0.15, -0.1) is 0 Å². The van der Waals surface area contributed by atoms with Gasteiger partial charge in [0.25, 0.3) is 5.91 Å². The molecule has 1 N–H and O–H groups in total. The van der Waals surface area contributed by atoms with Crippen molar-refractivity contribution in [1.29, 1.82) is 0 Å². The second-order valence-electron chi connectivity index (χ2n) is 6.47. The number of carbonyl (C=O) groups is 2. The molecule has 0 radical (unpaired) electrons. The maximum absolute atomic E-state index is 15.0. The van der Waals surface area contributed by atoms with Crippen LogP contribution in [-0.4, -0.2) is 23.2 Å². The van der Waals surface area contributed by atoms with Gasteiger partial charge in [-0.3, -0.25) is 9.59 Å². The van der Waals surface area contributed by atoms with Crippen molar-refractivity contribution in [3.8, 4) is 16.9 Å². The van der Waals surface area contributed by atoms with Crippen LogP contribution in [0.5, 0.6) is 5.75 Å². The number of anilines is 1. The molecule has 0 bridgehead atoms. The van der Waals surface area contributed by atoms with Gasteiger partial charge in [-0.1, -0.05) is 12.1 Å². The molecule has 1 aromatic carbocycles. The highest BCUT2D eigenvalue weighted by molar-refractivity contribution is 6.16. The third-order valence-corrected chi connectivity index (χ3v) is 4.67. The van der Waals surface area contributed by atoms with E-state index in [2.05, 4.69) is 5.32 Å². The molecule has 7 heteroatoms. The molecular weight excluding hydrogens is 375 g/mol. The van der Waals surface area contributed by atoms with Gasteiger partial charge < -0.3 is 18.9 Å². The van der Waals surface area contributed by atoms with Crippen LogP contribution in [0.3, 0.4) is 0 Å². The molecule has 6 nitrogen and oxygen atoms in total. The van der Waals surface area contributed by atoms with E-state index in [1.807, 2.05) is 0 Å². The molecule has 0 aliphatic heterocycles. The van der Waals surface area contributed by atoms with E-state index in [4.69, 9.17) is 9.15 Å². The summed E-state index contributed by atoms with van der Waals surface area (Å²) in [6.45, 7) is 1.38. The first-order valence-corrected chi connectivity index (χ1v) is 8.81. The third kappa shape index (κ3) is 3.27. The highest BCUT2D eigenvalue weighted by Crippen LogP contribution is 2.29. The van der Waals surface area contributed by atoms with Crippen molar-refractivity contribution in [2.45, 2.75) is 6.92 Å². The van der Waals surface area contributed by atoms with Gasteiger partial charge in [-0.2, -0.15) is 0 Å². The van der Waals surface area contributed by atoms with Crippen LogP contribution >= 0.6 is 0 Å². The van der Waals surface area contributed by atoms with Gasteiger partial charge in [0.1, 0.15) is 5.75 Å². The number of carbonyl (C=O) groups excluding carboxylic acids is 2. The maximum atomic E-state index is 15.0. The lowest BCUT2D eigenvalue weighted by Crippen LogP contribution is -2.15. The van der Waals surface area contributed by atoms with Crippen LogP contribution in [0.2, 0.25) is 0 Å². The predicted molar refractivity (Wildman–Crippen MR) is 106 cm³/mol. The van der Waals surface area contributed by atoms with Crippen molar-refractivity contribution < 1.29 is 23.1 Å². The summed E-state index contributed by atoms with van der Waals surface area (Å²) in [6, 6.07) is 9.68. The molecule has 0 unspecified atom stereocenters. The fourth-order valence-corrected chi connectivity index (χ4v) is 3.23. The fraction of sp³-hybridized carbons (Fsp3) is 0.0909. The zero-order valence-corrected chi connectivity index (χ0v) is 15.7. The lowest BCUT2D eigenvalue weighted by atomic mass is 10.1. The zero-order valence-electron chi connectivity index (χ0n) is 15.7. The summed E-state index contributed by atoms with van der Waals surface area (Å²) in [4.78, 5) is 25.2. The number of fused-ring (bicyclic) bond motifs is 1. The van der Waals surface area contributed by atoms with Crippen LogP contribution in [0.4, 0.5) is 10.1 Å². The highest BCUT2D eigenvalue weighted by atomic mass is 19.1. The average molecular weight is 392 g/mol. The third-order valence-electron chi connectivity index (χ3n) is 4.67. The Bertz CT molecular complexity index is 1230. The number of benzene rings is 1. The Morgan fingerprint density at radius 2 is 2.03 bits per heavy atom. The van der Waals surface area contributed by atoms with Gasteiger partial charge in [0.05, 0.1) is 36.4 Å². The van der Waals surface area contributed by atoms with Crippen LogP contribution in [0, 0.1) is 5.82 Å². The van der Waals surface area contributed by atoms with Crippen LogP contribution in [0.25, 0.3) is 16.6 Å². The van der Waals surface area contributed by atoms with Gasteiger partial charge in [0, 0.05) is 35.2 Å². The predicted octanol–water partition coefficient (Wildman–Crippen LogP) is 4.80. The van der Waals surface area contributed by atoms with Gasteiger partial charge in [0.15, 0.2) is 11.6 Å². The largest absolute Gasteiger partial charge is 0.497 e. The number of hydrogen-bond acceptors (Lipinski definition) is 4. The second kappa shape index (κ2) is 7.27. The van der Waals surface area contributed by atoms with Gasteiger partial charge in [-0.05, 0) is 25.1 Å². The number of ether oxygens (including phenoxy) is 1. The standard InChI is InChI=1S/C22H17FN2O4/c1-13(26)17-11-25-8-6-15(28-2)10-19(25)20(17)22(27)24-18-5-3-4-16(21(18)23)14-7-9-29-12-14/h3-12H,1-2H3,(H,24,27). The molecule has 4 aromatic rings. The maximum Gasteiger partial charge on any atom is 0.258 e. The number of hydrogen-bond donors (Lipinski definition) is 1. The van der Waals surface area contributed by atoms with Gasteiger partial charge in [-0.25, -0.2) is 4.39 Å². The second-order valence-corrected chi connectivity index (χ2v) is 6.47. The first kappa shape index (κ1) is 18.5. The van der Waals surface area contributed by atoms with E-state index in [0.29, 0.717) is 22.4 Å². The Kier molecular flexibility index (Phi) is 4.64. The monoisotopic (exact) mass is 392 g/mol. The highest BCUT2D eigenvalue weighted by Gasteiger charge is 2.22. The van der Waals surface area contributed by atoms with Crippen LogP contribution in [-0.2, 0) is 0 Å². The first-order chi connectivity index (χ1) is 14.0. The van der Waals surface area contributed by atoms with E-state index in [9.17, 15) is 14.0 Å². The number of methoxy groups -OCH3 is 1. The summed E-state index contributed by atoms with van der Waals surface area (Å²) in [5, 5.41) is 2.59. The first-order valence-electron chi connectivity index (χ1n) is 8.81. The number of nitrogens with one attached hydrogen (secondary N) is 1. The Balaban J connectivity index is 1.78. The minimum Gasteiger partial charge on any atom is -0.497 e. The normalized spacial score (nSPS) is 10.9. The molecule has 3 aromatic heterocycles. The molecule has 0 spiro atoms. The Morgan fingerprint density at radius 1 is 1.21 bits per heavy atom. The number of nitrogens with zero attached hydrogens (tertiary/aromatic N) is 1. The SMILES string of the molecule is COc1ccn2cc(C(C)=O)c(C(=O)Nc3cccc(-c4ccoc4)c3F)c2c1. The van der Waals surface area contributed by atoms with Crippen molar-refractivity contribution >= 4 is 22.9 Å². The lowest BCUT2D eigenvalue weighted by molar-refractivity contribution is 0.0987. The van der Waals surface area contributed by atoms with Crippen molar-refractivity contribution in [2.24, 2.45) is 0 Å². The Labute approximate surface area is 165 Å². The van der Waals surface area contributed by atoms with E-state index >= 15 is 0 Å². The molecule has 0 saturated carbocycles. The molecule has 0 aliphatic rings. The molecular formula is C22H17FN2O4. The number of aromatic nitrogens is 1. The molecule has 1 amide bonds. The van der Waals surface area contributed by atoms with Crippen molar-refractivity contribution in [3.63, 3.8) is 0 Å². The van der Waals surface area contributed by atoms with Gasteiger partial charge >= 0.3 is 0 Å². The summed E-state index contributed by atoms with van der Waals surface area (Å²) >= 11 is 0. The topological polar surface area (TPSA) is 73.0 Å². The van der Waals surface area contributed by atoms with E-state index in [1.54, 1.807) is 47.1 Å². The number of furan rings is 1. The smallest absolute Gasteiger partial charge is 0.258 e. The van der Waals surface area contributed by atoms with E-state index in [1.165, 1.54) is 32.6 Å². The molecule has 3 heterocycles. The number of Topliss-reactive ketones (excluding diaryl/α,β-unsaturated/α-hetero) is 1. The molecule has 0 fully saturated rings. The van der Waals surface area contributed by atoms with Crippen LogP contribution < -0.4 is 10.1 Å². The zero-order chi connectivity index (χ0) is 20.5. The fourth-order valence-electron chi connectivity index (χ4n) is 3.23. The van der Waals surface area contributed by atoms with E-state index in [0.717, 1.165) is 0 Å². The van der Waals surface area contributed by atoms with Gasteiger partial charge in [0.2, 0.25) is 0 Å². The molecule has 4 rings (SSSR count). The van der Waals surface area contributed by atoms with Crippen molar-refractivity contribution in [1.82, 2.24) is 4.40 Å². The van der Waals surface area contributed by atoms with Crippen molar-refractivity contribution in [3.05, 3.63) is 78.3 Å². The molecule has 29 heavy (non-hydrogen) atoms. The Hall–Kier alpha value is -3.87. The van der Waals surface area contributed by atoms with E-state index < -0.39 is 11.7 Å². The van der Waals surface area contributed by atoms with Crippen LogP contribution in [0.1, 0.15) is 27.6 Å². The number of rotatable bonds is 5. The minimum atomic E-state index is -0.590. The van der Waals surface area contributed by atoms with E-state index in [-0.39, 0.29) is 22.6 Å². The molecule has 0 saturated heterocycles. The summed E-state index contributed by atoms with van der Waals surface area (Å²) < 4.78 is 26.9. The van der Waals surface area contributed by atoms with Crippen LogP contribution in [0.15, 0.2) is 65.7 Å². The summed E-state index contributed by atoms with van der Waals surface area (Å²) in [7, 11) is 1.51. The molecule has 0 atom stereocenters.